The number of amidine groups is 1. The van der Waals surface area contributed by atoms with Gasteiger partial charge >= 0.3 is 5.97 Å². The van der Waals surface area contributed by atoms with Gasteiger partial charge in [-0.05, 0) is 67.8 Å². The van der Waals surface area contributed by atoms with Crippen molar-refractivity contribution in [2.75, 3.05) is 18.4 Å². The Morgan fingerprint density at radius 3 is 2.65 bits per heavy atom. The van der Waals surface area contributed by atoms with Crippen LogP contribution in [0, 0.1) is 24.2 Å². The second kappa shape index (κ2) is 9.81. The Hall–Kier alpha value is -3.79. The molecule has 1 unspecified atom stereocenters. The van der Waals surface area contributed by atoms with Crippen LogP contribution in [0.3, 0.4) is 0 Å². The molecule has 5 N–H and O–H groups in total. The number of likely N-dealkylation sites (tertiary alicyclic amines) is 1. The average molecular weight is 418 g/mol. The Morgan fingerprint density at radius 2 is 2.00 bits per heavy atom. The number of nitrogens with zero attached hydrogens (tertiary/aromatic N) is 1. The van der Waals surface area contributed by atoms with Gasteiger partial charge < -0.3 is 21.1 Å². The number of aliphatic carboxylic acids is 1. The van der Waals surface area contributed by atoms with Crippen LogP contribution in [0.4, 0.5) is 5.69 Å². The number of nitrogens with one attached hydrogen (secondary N) is 2. The summed E-state index contributed by atoms with van der Waals surface area (Å²) in [7, 11) is 0. The predicted octanol–water partition coefficient (Wildman–Crippen LogP) is 2.82. The van der Waals surface area contributed by atoms with Gasteiger partial charge in [-0.3, -0.25) is 15.0 Å². The van der Waals surface area contributed by atoms with Gasteiger partial charge in [0.05, 0.1) is 13.0 Å². The molecule has 2 aromatic rings. The number of carboxylic acid groups (broad SMARTS) is 1. The fraction of sp³-hybridized carbons (Fsp3) is 0.292. The number of hydrogen-bond donors (Lipinski definition) is 4. The maximum atomic E-state index is 12.9. The third-order valence-corrected chi connectivity index (χ3v) is 5.31. The molecule has 1 aliphatic rings. The largest absolute Gasteiger partial charge is 0.481 e. The highest BCUT2D eigenvalue weighted by atomic mass is 16.4. The lowest BCUT2D eigenvalue weighted by atomic mass is 10.0. The molecule has 1 amide bonds. The Labute approximate surface area is 181 Å². The maximum Gasteiger partial charge on any atom is 0.305 e. The molecular weight excluding hydrogens is 392 g/mol. The Bertz CT molecular complexity index is 1050. The van der Waals surface area contributed by atoms with Crippen molar-refractivity contribution in [1.82, 2.24) is 4.90 Å². The number of carboxylic acids is 1. The summed E-state index contributed by atoms with van der Waals surface area (Å²) in [6.07, 6.45) is 1.54. The van der Waals surface area contributed by atoms with Crippen LogP contribution >= 0.6 is 0 Å². The third kappa shape index (κ3) is 5.64. The number of benzene rings is 2. The molecule has 7 heteroatoms. The maximum absolute atomic E-state index is 12.9. The molecule has 7 nitrogen and oxygen atoms in total. The van der Waals surface area contributed by atoms with Gasteiger partial charge in [-0.1, -0.05) is 11.8 Å². The van der Waals surface area contributed by atoms with Gasteiger partial charge in [0.25, 0.3) is 5.91 Å². The van der Waals surface area contributed by atoms with Crippen molar-refractivity contribution < 1.29 is 14.7 Å². The zero-order valence-electron chi connectivity index (χ0n) is 17.4. The van der Waals surface area contributed by atoms with Crippen LogP contribution in [-0.4, -0.2) is 46.8 Å². The van der Waals surface area contributed by atoms with Crippen LogP contribution in [0.2, 0.25) is 0 Å². The molecule has 3 rings (SSSR count). The summed E-state index contributed by atoms with van der Waals surface area (Å²) in [5.74, 6) is 5.18. The molecular formula is C24H26N4O3. The van der Waals surface area contributed by atoms with E-state index in [0.29, 0.717) is 24.2 Å². The molecule has 1 atom stereocenters. The molecule has 1 fully saturated rings. The number of nitrogen functional groups attached to an aromatic ring is 1. The van der Waals surface area contributed by atoms with Crippen molar-refractivity contribution in [3.05, 3.63) is 64.7 Å². The minimum absolute atomic E-state index is 0.0151. The first-order valence-corrected chi connectivity index (χ1v) is 10.2. The third-order valence-electron chi connectivity index (χ3n) is 5.31. The van der Waals surface area contributed by atoms with E-state index >= 15 is 0 Å². The molecule has 31 heavy (non-hydrogen) atoms. The first-order valence-electron chi connectivity index (χ1n) is 10.2. The van der Waals surface area contributed by atoms with Crippen LogP contribution in [0.15, 0.2) is 42.5 Å². The predicted molar refractivity (Wildman–Crippen MR) is 120 cm³/mol. The fourth-order valence-corrected chi connectivity index (χ4v) is 3.71. The molecule has 0 spiro atoms. The van der Waals surface area contributed by atoms with Gasteiger partial charge in [0, 0.05) is 35.0 Å². The van der Waals surface area contributed by atoms with Crippen LogP contribution in [0.5, 0.6) is 0 Å². The molecule has 0 bridgehead atoms. The summed E-state index contributed by atoms with van der Waals surface area (Å²) >= 11 is 0. The van der Waals surface area contributed by atoms with Gasteiger partial charge in [0.2, 0.25) is 0 Å². The molecule has 0 radical (unpaired) electrons. The summed E-state index contributed by atoms with van der Waals surface area (Å²) in [5, 5.41) is 19.7. The number of rotatable bonds is 6. The highest BCUT2D eigenvalue weighted by Crippen LogP contribution is 2.24. The number of aryl methyl sites for hydroxylation is 1. The van der Waals surface area contributed by atoms with Gasteiger partial charge in [0.1, 0.15) is 5.84 Å². The van der Waals surface area contributed by atoms with E-state index in [9.17, 15) is 9.59 Å². The van der Waals surface area contributed by atoms with E-state index in [1.54, 1.807) is 23.1 Å². The zero-order chi connectivity index (χ0) is 22.4. The first kappa shape index (κ1) is 21.9. The summed E-state index contributed by atoms with van der Waals surface area (Å²) < 4.78 is 0. The van der Waals surface area contributed by atoms with Gasteiger partial charge in [-0.2, -0.15) is 0 Å². The second-order valence-corrected chi connectivity index (χ2v) is 7.57. The number of anilines is 1. The quantitative estimate of drug-likeness (QED) is 0.327. The van der Waals surface area contributed by atoms with Gasteiger partial charge in [-0.15, -0.1) is 0 Å². The monoisotopic (exact) mass is 418 g/mol. The lowest BCUT2D eigenvalue weighted by molar-refractivity contribution is -0.137. The minimum atomic E-state index is -0.879. The zero-order valence-corrected chi connectivity index (χ0v) is 17.4. The van der Waals surface area contributed by atoms with E-state index in [1.165, 1.54) is 0 Å². The number of carbonyl (C=O) groups excluding carboxylic acids is 1. The van der Waals surface area contributed by atoms with Crippen molar-refractivity contribution in [3.8, 4) is 11.8 Å². The standard InChI is InChI=1S/C24H26N4O3/c1-16-14-17(4-2-12-27-19-9-7-18(8-10-19)23(25)26)6-11-21(16)24(31)28-13-3-5-20(28)15-22(29)30/h6-11,14,20,27H,3,5,12-13,15H2,1H3,(H3,25,26)(H,29,30). The minimum Gasteiger partial charge on any atom is -0.481 e. The molecule has 0 aliphatic carbocycles. The van der Waals surface area contributed by atoms with E-state index in [4.69, 9.17) is 16.2 Å². The summed E-state index contributed by atoms with van der Waals surface area (Å²) in [4.78, 5) is 25.7. The average Bonchev–Trinajstić information content (AvgIpc) is 3.18. The number of nitrogens with two attached hydrogens (primary N) is 1. The molecule has 0 saturated carbocycles. The van der Waals surface area contributed by atoms with Crippen molar-refractivity contribution >= 4 is 23.4 Å². The van der Waals surface area contributed by atoms with Crippen LogP contribution in [0.25, 0.3) is 0 Å². The van der Waals surface area contributed by atoms with Gasteiger partial charge in [-0.25, -0.2) is 0 Å². The molecule has 1 aliphatic heterocycles. The van der Waals surface area contributed by atoms with Crippen molar-refractivity contribution in [2.24, 2.45) is 5.73 Å². The highest BCUT2D eigenvalue weighted by Gasteiger charge is 2.31. The van der Waals surface area contributed by atoms with E-state index in [-0.39, 0.29) is 24.2 Å². The van der Waals surface area contributed by atoms with Crippen LogP contribution < -0.4 is 11.1 Å². The molecule has 2 aromatic carbocycles. The van der Waals surface area contributed by atoms with Crippen molar-refractivity contribution in [1.29, 1.82) is 5.41 Å². The van der Waals surface area contributed by atoms with Crippen molar-refractivity contribution in [2.45, 2.75) is 32.2 Å². The van der Waals surface area contributed by atoms with Gasteiger partial charge in [0.15, 0.2) is 0 Å². The Kier molecular flexibility index (Phi) is 6.93. The van der Waals surface area contributed by atoms with E-state index in [0.717, 1.165) is 29.7 Å². The number of amides is 1. The van der Waals surface area contributed by atoms with E-state index in [2.05, 4.69) is 17.2 Å². The van der Waals surface area contributed by atoms with Crippen LogP contribution in [0.1, 0.15) is 46.3 Å². The number of carbonyl (C=O) groups is 2. The summed E-state index contributed by atoms with van der Waals surface area (Å²) in [6.45, 7) is 2.91. The SMILES string of the molecule is Cc1cc(C#CCNc2ccc(C(=N)N)cc2)ccc1C(=O)N1CCCC1CC(=O)O. The Morgan fingerprint density at radius 1 is 1.26 bits per heavy atom. The lowest BCUT2D eigenvalue weighted by Gasteiger charge is -2.24. The smallest absolute Gasteiger partial charge is 0.305 e. The topological polar surface area (TPSA) is 120 Å². The molecule has 1 saturated heterocycles. The lowest BCUT2D eigenvalue weighted by Crippen LogP contribution is -2.37. The summed E-state index contributed by atoms with van der Waals surface area (Å²) in [5.41, 5.74) is 9.23. The first-order chi connectivity index (χ1) is 14.8. The molecule has 0 aromatic heterocycles. The number of hydrogen-bond acceptors (Lipinski definition) is 4. The molecule has 1 heterocycles. The van der Waals surface area contributed by atoms with E-state index in [1.807, 2.05) is 31.2 Å². The summed E-state index contributed by atoms with van der Waals surface area (Å²) in [6, 6.07) is 12.5. The Balaban J connectivity index is 1.61. The highest BCUT2D eigenvalue weighted by molar-refractivity contribution is 5.96. The van der Waals surface area contributed by atoms with Crippen molar-refractivity contribution in [3.63, 3.8) is 0 Å². The van der Waals surface area contributed by atoms with Crippen LogP contribution in [-0.2, 0) is 4.79 Å². The normalized spacial score (nSPS) is 15.1. The van der Waals surface area contributed by atoms with E-state index < -0.39 is 5.97 Å². The fourth-order valence-electron chi connectivity index (χ4n) is 3.71. The second-order valence-electron chi connectivity index (χ2n) is 7.57. The molecule has 160 valence electrons.